The molecule has 0 aliphatic rings. The van der Waals surface area contributed by atoms with Crippen molar-refractivity contribution in [2.45, 2.75) is 18.2 Å². The summed E-state index contributed by atoms with van der Waals surface area (Å²) >= 11 is 3.38. The second kappa shape index (κ2) is 4.31. The molecule has 0 aliphatic heterocycles. The van der Waals surface area contributed by atoms with Crippen LogP contribution in [0.2, 0.25) is 0 Å². The van der Waals surface area contributed by atoms with Crippen LogP contribution in [0.25, 0.3) is 0 Å². The van der Waals surface area contributed by atoms with E-state index in [1.54, 1.807) is 7.05 Å². The second-order valence-corrected chi connectivity index (χ2v) is 3.02. The molecule has 7 heavy (non-hydrogen) atoms. The molecule has 0 bridgehead atoms. The first-order chi connectivity index (χ1) is 3.27. The zero-order valence-electron chi connectivity index (χ0n) is 4.69. The molecule has 0 aromatic carbocycles. The van der Waals surface area contributed by atoms with Crippen LogP contribution >= 0.6 is 15.9 Å². The molecular weight excluding hydrogens is 154 g/mol. The third-order valence-electron chi connectivity index (χ3n) is 0.613. The molecule has 0 rings (SSSR count). The quantitative estimate of drug-likeness (QED) is 0.436. The van der Waals surface area contributed by atoms with Gasteiger partial charge in [-0.25, -0.2) is 0 Å². The van der Waals surface area contributed by atoms with E-state index in [-0.39, 0.29) is 0 Å². The molecular formula is C5H10BrN. The highest BCUT2D eigenvalue weighted by molar-refractivity contribution is 9.09. The minimum absolute atomic E-state index is 0.566. The lowest BCUT2D eigenvalue weighted by Crippen LogP contribution is -1.88. The largest absolute Gasteiger partial charge is 0.301 e. The molecule has 1 nitrogen and oxygen atoms in total. The van der Waals surface area contributed by atoms with E-state index in [0.29, 0.717) is 4.83 Å². The Morgan fingerprint density at radius 3 is 2.57 bits per heavy atom. The van der Waals surface area contributed by atoms with Gasteiger partial charge in [0.2, 0.25) is 0 Å². The highest BCUT2D eigenvalue weighted by atomic mass is 79.9. The Labute approximate surface area is 53.0 Å². The molecule has 1 unspecified atom stereocenters. The van der Waals surface area contributed by atoms with Crippen LogP contribution in [0.15, 0.2) is 4.99 Å². The number of alkyl halides is 1. The summed E-state index contributed by atoms with van der Waals surface area (Å²) in [6.45, 7) is 2.10. The van der Waals surface area contributed by atoms with Crippen molar-refractivity contribution in [2.75, 3.05) is 7.05 Å². The topological polar surface area (TPSA) is 12.4 Å². The maximum atomic E-state index is 3.82. The van der Waals surface area contributed by atoms with Gasteiger partial charge in [-0.05, 0) is 12.6 Å². The van der Waals surface area contributed by atoms with E-state index < -0.39 is 0 Å². The fourth-order valence-corrected chi connectivity index (χ4v) is 0.418. The molecule has 1 atom stereocenters. The van der Waals surface area contributed by atoms with Crippen LogP contribution in [-0.2, 0) is 0 Å². The summed E-state index contributed by atoms with van der Waals surface area (Å²) in [5, 5.41) is 0. The van der Waals surface area contributed by atoms with Gasteiger partial charge in [-0.15, -0.1) is 0 Å². The standard InChI is InChI=1S/C5H10BrN/c1-5(6)3-4-7-2/h4-5H,3H2,1-2H3/b7-4-. The van der Waals surface area contributed by atoms with Crippen molar-refractivity contribution < 1.29 is 0 Å². The summed E-state index contributed by atoms with van der Waals surface area (Å²) in [6, 6.07) is 0. The molecule has 0 aromatic heterocycles. The van der Waals surface area contributed by atoms with Crippen molar-refractivity contribution in [1.29, 1.82) is 0 Å². The van der Waals surface area contributed by atoms with E-state index in [9.17, 15) is 0 Å². The highest BCUT2D eigenvalue weighted by Crippen LogP contribution is 1.99. The van der Waals surface area contributed by atoms with E-state index in [1.165, 1.54) is 0 Å². The van der Waals surface area contributed by atoms with Gasteiger partial charge in [0.05, 0.1) is 0 Å². The lowest BCUT2D eigenvalue weighted by molar-refractivity contribution is 1.05. The van der Waals surface area contributed by atoms with Crippen LogP contribution in [0.3, 0.4) is 0 Å². The van der Waals surface area contributed by atoms with Crippen molar-refractivity contribution in [3.05, 3.63) is 0 Å². The lowest BCUT2D eigenvalue weighted by Gasteiger charge is -1.90. The van der Waals surface area contributed by atoms with Crippen molar-refractivity contribution in [3.8, 4) is 0 Å². The first-order valence-corrected chi connectivity index (χ1v) is 3.23. The molecule has 0 heterocycles. The number of hydrogen-bond acceptors (Lipinski definition) is 1. The molecule has 0 amide bonds. The molecule has 0 saturated heterocycles. The van der Waals surface area contributed by atoms with Gasteiger partial charge in [0.1, 0.15) is 0 Å². The van der Waals surface area contributed by atoms with Gasteiger partial charge >= 0.3 is 0 Å². The molecule has 0 N–H and O–H groups in total. The SMILES string of the molecule is C/N=C\CC(C)Br. The van der Waals surface area contributed by atoms with E-state index in [4.69, 9.17) is 0 Å². The number of rotatable bonds is 2. The fourth-order valence-electron chi connectivity index (χ4n) is 0.251. The molecule has 0 aromatic rings. The number of hydrogen-bond donors (Lipinski definition) is 0. The van der Waals surface area contributed by atoms with Gasteiger partial charge in [-0.1, -0.05) is 22.9 Å². The van der Waals surface area contributed by atoms with Gasteiger partial charge in [0, 0.05) is 11.9 Å². The summed E-state index contributed by atoms with van der Waals surface area (Å²) in [7, 11) is 1.79. The molecule has 0 aliphatic carbocycles. The summed E-state index contributed by atoms with van der Waals surface area (Å²) in [6.07, 6.45) is 2.93. The Hall–Kier alpha value is 0.150. The molecule has 0 radical (unpaired) electrons. The zero-order valence-corrected chi connectivity index (χ0v) is 6.27. The van der Waals surface area contributed by atoms with E-state index in [2.05, 4.69) is 27.8 Å². The minimum Gasteiger partial charge on any atom is -0.301 e. The third kappa shape index (κ3) is 6.15. The molecule has 2 heteroatoms. The van der Waals surface area contributed by atoms with Crippen LogP contribution in [0.4, 0.5) is 0 Å². The Morgan fingerprint density at radius 2 is 2.43 bits per heavy atom. The van der Waals surface area contributed by atoms with Gasteiger partial charge in [0.15, 0.2) is 0 Å². The van der Waals surface area contributed by atoms with Gasteiger partial charge < -0.3 is 4.99 Å². The number of aliphatic imine (C=N–C) groups is 1. The Balaban J connectivity index is 2.97. The highest BCUT2D eigenvalue weighted by Gasteiger charge is 1.87. The van der Waals surface area contributed by atoms with E-state index in [1.807, 2.05) is 6.21 Å². The lowest BCUT2D eigenvalue weighted by atomic mass is 10.4. The summed E-state index contributed by atoms with van der Waals surface area (Å²) in [5.74, 6) is 0. The minimum atomic E-state index is 0.566. The van der Waals surface area contributed by atoms with E-state index in [0.717, 1.165) is 6.42 Å². The van der Waals surface area contributed by atoms with Gasteiger partial charge in [-0.3, -0.25) is 0 Å². The van der Waals surface area contributed by atoms with Crippen molar-refractivity contribution >= 4 is 22.1 Å². The van der Waals surface area contributed by atoms with Crippen molar-refractivity contribution in [1.82, 2.24) is 0 Å². The van der Waals surface area contributed by atoms with Crippen LogP contribution < -0.4 is 0 Å². The van der Waals surface area contributed by atoms with E-state index >= 15 is 0 Å². The summed E-state index contributed by atoms with van der Waals surface area (Å²) in [4.78, 5) is 4.39. The van der Waals surface area contributed by atoms with Crippen molar-refractivity contribution in [2.24, 2.45) is 4.99 Å². The van der Waals surface area contributed by atoms with Crippen LogP contribution in [-0.4, -0.2) is 18.1 Å². The first-order valence-electron chi connectivity index (χ1n) is 2.32. The third-order valence-corrected chi connectivity index (χ3v) is 0.987. The predicted molar refractivity (Wildman–Crippen MR) is 37.4 cm³/mol. The molecule has 0 fully saturated rings. The Morgan fingerprint density at radius 1 is 1.86 bits per heavy atom. The van der Waals surface area contributed by atoms with Crippen LogP contribution in [0.5, 0.6) is 0 Å². The normalized spacial score (nSPS) is 15.3. The fraction of sp³-hybridized carbons (Fsp3) is 0.800. The number of halogens is 1. The van der Waals surface area contributed by atoms with Gasteiger partial charge in [0.25, 0.3) is 0 Å². The predicted octanol–water partition coefficient (Wildman–Crippen LogP) is 1.86. The maximum Gasteiger partial charge on any atom is 0.0273 e. The van der Waals surface area contributed by atoms with Gasteiger partial charge in [-0.2, -0.15) is 0 Å². The molecule has 0 saturated carbocycles. The van der Waals surface area contributed by atoms with Crippen LogP contribution in [0, 0.1) is 0 Å². The molecule has 42 valence electrons. The molecule has 0 spiro atoms. The second-order valence-electron chi connectivity index (χ2n) is 1.46. The smallest absolute Gasteiger partial charge is 0.0273 e. The average molecular weight is 164 g/mol. The summed E-state index contributed by atoms with van der Waals surface area (Å²) in [5.41, 5.74) is 0. The van der Waals surface area contributed by atoms with Crippen LogP contribution in [0.1, 0.15) is 13.3 Å². The Bertz CT molecular complexity index is 59.1. The first kappa shape index (κ1) is 7.15. The summed E-state index contributed by atoms with van der Waals surface area (Å²) < 4.78 is 0. The average Bonchev–Trinajstić information content (AvgIpc) is 1.61. The van der Waals surface area contributed by atoms with Crippen molar-refractivity contribution in [3.63, 3.8) is 0 Å². The Kier molecular flexibility index (Phi) is 4.41. The number of nitrogens with zero attached hydrogens (tertiary/aromatic N) is 1. The zero-order chi connectivity index (χ0) is 5.70. The monoisotopic (exact) mass is 163 g/mol. The maximum absolute atomic E-state index is 3.82.